The standard InChI is InChI=1S/C26H26FNO6/c1-4-15(26(31)32)14-11-12-19(18(27)13-14)28-24(29)20-21(25(28)30)23(34-6-3)17-10-8-7-9-16(17)22(20)33-5-2/h7-13,15,24,29H,4-6H2,1-3H3,(H,31,32). The number of aliphatic hydroxyl groups excluding tert-OH is 1. The number of aliphatic carboxylic acids is 1. The first-order chi connectivity index (χ1) is 16.3. The maximum atomic E-state index is 15.2. The Bertz CT molecular complexity index is 1270. The summed E-state index contributed by atoms with van der Waals surface area (Å²) in [5.41, 5.74) is 0.462. The third kappa shape index (κ3) is 3.64. The summed E-state index contributed by atoms with van der Waals surface area (Å²) >= 11 is 0. The number of amides is 1. The molecule has 1 aliphatic heterocycles. The molecular weight excluding hydrogens is 441 g/mol. The van der Waals surface area contributed by atoms with Crippen molar-refractivity contribution >= 4 is 28.3 Å². The van der Waals surface area contributed by atoms with Crippen LogP contribution in [0.5, 0.6) is 11.5 Å². The van der Waals surface area contributed by atoms with E-state index >= 15 is 4.39 Å². The minimum Gasteiger partial charge on any atom is -0.493 e. The molecular formula is C26H26FNO6. The van der Waals surface area contributed by atoms with E-state index in [0.717, 1.165) is 11.0 Å². The van der Waals surface area contributed by atoms with Gasteiger partial charge in [0.2, 0.25) is 0 Å². The van der Waals surface area contributed by atoms with E-state index < -0.39 is 29.8 Å². The van der Waals surface area contributed by atoms with E-state index in [-0.39, 0.29) is 35.4 Å². The molecule has 0 saturated carbocycles. The van der Waals surface area contributed by atoms with Crippen LogP contribution in [0.1, 0.15) is 60.8 Å². The topological polar surface area (TPSA) is 96.3 Å². The Kier molecular flexibility index (Phi) is 6.43. The quantitative estimate of drug-likeness (QED) is 0.484. The first-order valence-corrected chi connectivity index (χ1v) is 11.2. The lowest BCUT2D eigenvalue weighted by molar-refractivity contribution is -0.138. The Balaban J connectivity index is 1.91. The number of anilines is 1. The summed E-state index contributed by atoms with van der Waals surface area (Å²) in [6.45, 7) is 5.86. The molecule has 0 radical (unpaired) electrons. The van der Waals surface area contributed by atoms with Gasteiger partial charge in [0.05, 0.1) is 35.9 Å². The van der Waals surface area contributed by atoms with Crippen molar-refractivity contribution in [1.82, 2.24) is 0 Å². The zero-order chi connectivity index (χ0) is 24.6. The van der Waals surface area contributed by atoms with Crippen LogP contribution in [-0.4, -0.2) is 35.3 Å². The van der Waals surface area contributed by atoms with Crippen LogP contribution in [-0.2, 0) is 4.79 Å². The molecule has 0 saturated heterocycles. The zero-order valence-corrected chi connectivity index (χ0v) is 19.2. The van der Waals surface area contributed by atoms with Gasteiger partial charge in [0.15, 0.2) is 6.23 Å². The van der Waals surface area contributed by atoms with Gasteiger partial charge in [-0.2, -0.15) is 0 Å². The van der Waals surface area contributed by atoms with Crippen molar-refractivity contribution in [3.05, 3.63) is 65.0 Å². The molecule has 7 nitrogen and oxygen atoms in total. The van der Waals surface area contributed by atoms with Gasteiger partial charge < -0.3 is 19.7 Å². The number of hydrogen-bond acceptors (Lipinski definition) is 5. The maximum absolute atomic E-state index is 15.2. The highest BCUT2D eigenvalue weighted by Crippen LogP contribution is 2.50. The van der Waals surface area contributed by atoms with Crippen molar-refractivity contribution in [1.29, 1.82) is 0 Å². The number of rotatable bonds is 8. The number of fused-ring (bicyclic) bond motifs is 2. The molecule has 178 valence electrons. The van der Waals surface area contributed by atoms with E-state index in [1.807, 2.05) is 18.2 Å². The molecule has 8 heteroatoms. The molecule has 1 heterocycles. The lowest BCUT2D eigenvalue weighted by atomic mass is 9.96. The largest absolute Gasteiger partial charge is 0.493 e. The number of carbonyl (C=O) groups excluding carboxylic acids is 1. The summed E-state index contributed by atoms with van der Waals surface area (Å²) < 4.78 is 27.0. The molecule has 4 rings (SSSR count). The molecule has 0 spiro atoms. The summed E-state index contributed by atoms with van der Waals surface area (Å²) in [6.07, 6.45) is -1.23. The van der Waals surface area contributed by atoms with Gasteiger partial charge in [-0.05, 0) is 38.0 Å². The average molecular weight is 467 g/mol. The molecule has 2 atom stereocenters. The number of benzene rings is 3. The van der Waals surface area contributed by atoms with Crippen LogP contribution in [0.3, 0.4) is 0 Å². The van der Waals surface area contributed by atoms with E-state index in [2.05, 4.69) is 0 Å². The number of halogens is 1. The first kappa shape index (κ1) is 23.5. The van der Waals surface area contributed by atoms with Gasteiger partial charge in [-0.25, -0.2) is 4.39 Å². The number of carboxylic acid groups (broad SMARTS) is 1. The van der Waals surface area contributed by atoms with E-state index in [1.165, 1.54) is 12.1 Å². The predicted octanol–water partition coefficient (Wildman–Crippen LogP) is 5.01. The fourth-order valence-electron chi connectivity index (χ4n) is 4.54. The highest BCUT2D eigenvalue weighted by Gasteiger charge is 2.44. The number of ether oxygens (including phenoxy) is 2. The summed E-state index contributed by atoms with van der Waals surface area (Å²) in [5, 5.41) is 22.0. The fourth-order valence-corrected chi connectivity index (χ4v) is 4.54. The van der Waals surface area contributed by atoms with Crippen LogP contribution < -0.4 is 14.4 Å². The Labute approximate surface area is 196 Å². The highest BCUT2D eigenvalue weighted by atomic mass is 19.1. The van der Waals surface area contributed by atoms with Crippen LogP contribution in [0.25, 0.3) is 10.8 Å². The monoisotopic (exact) mass is 467 g/mol. The number of carboxylic acids is 1. The molecule has 34 heavy (non-hydrogen) atoms. The number of hydrogen-bond donors (Lipinski definition) is 2. The SMILES string of the molecule is CCOc1c2c(c(OCC)c3ccccc13)C(O)N(c1ccc(C(CC)C(=O)O)cc1F)C2=O. The smallest absolute Gasteiger partial charge is 0.310 e. The maximum Gasteiger partial charge on any atom is 0.310 e. The van der Waals surface area contributed by atoms with E-state index in [4.69, 9.17) is 9.47 Å². The van der Waals surface area contributed by atoms with Crippen molar-refractivity contribution in [2.24, 2.45) is 0 Å². The van der Waals surface area contributed by atoms with Crippen molar-refractivity contribution in [3.8, 4) is 11.5 Å². The molecule has 1 amide bonds. The zero-order valence-electron chi connectivity index (χ0n) is 19.2. The van der Waals surface area contributed by atoms with Crippen LogP contribution in [0, 0.1) is 5.82 Å². The lowest BCUT2D eigenvalue weighted by Gasteiger charge is -2.23. The Hall–Kier alpha value is -3.65. The van der Waals surface area contributed by atoms with Crippen molar-refractivity contribution < 1.29 is 33.7 Å². The Morgan fingerprint density at radius 2 is 1.68 bits per heavy atom. The Morgan fingerprint density at radius 3 is 2.24 bits per heavy atom. The van der Waals surface area contributed by atoms with Gasteiger partial charge >= 0.3 is 5.97 Å². The molecule has 3 aromatic rings. The normalized spacial score (nSPS) is 16.0. The van der Waals surface area contributed by atoms with Crippen LogP contribution >= 0.6 is 0 Å². The van der Waals surface area contributed by atoms with E-state index in [9.17, 15) is 19.8 Å². The van der Waals surface area contributed by atoms with E-state index in [0.29, 0.717) is 28.9 Å². The molecule has 3 aromatic carbocycles. The number of nitrogens with zero attached hydrogens (tertiary/aromatic N) is 1. The number of carbonyl (C=O) groups is 2. The molecule has 2 unspecified atom stereocenters. The molecule has 0 aliphatic carbocycles. The van der Waals surface area contributed by atoms with Gasteiger partial charge in [0, 0.05) is 10.8 Å². The van der Waals surface area contributed by atoms with Crippen LogP contribution in [0.2, 0.25) is 0 Å². The Morgan fingerprint density at radius 1 is 1.06 bits per heavy atom. The minimum absolute atomic E-state index is 0.122. The second kappa shape index (κ2) is 9.30. The van der Waals surface area contributed by atoms with Crippen molar-refractivity contribution in [2.75, 3.05) is 18.1 Å². The molecule has 0 aromatic heterocycles. The van der Waals surface area contributed by atoms with Crippen LogP contribution in [0.4, 0.5) is 10.1 Å². The van der Waals surface area contributed by atoms with Gasteiger partial charge in [0.1, 0.15) is 17.3 Å². The highest BCUT2D eigenvalue weighted by molar-refractivity contribution is 6.17. The van der Waals surface area contributed by atoms with Gasteiger partial charge in [-0.15, -0.1) is 0 Å². The first-order valence-electron chi connectivity index (χ1n) is 11.2. The van der Waals surface area contributed by atoms with Crippen LogP contribution in [0.15, 0.2) is 42.5 Å². The third-order valence-corrected chi connectivity index (χ3v) is 6.01. The van der Waals surface area contributed by atoms with E-state index in [1.54, 1.807) is 26.8 Å². The third-order valence-electron chi connectivity index (χ3n) is 6.01. The predicted molar refractivity (Wildman–Crippen MR) is 125 cm³/mol. The van der Waals surface area contributed by atoms with Gasteiger partial charge in [-0.1, -0.05) is 37.3 Å². The lowest BCUT2D eigenvalue weighted by Crippen LogP contribution is -2.28. The molecule has 0 bridgehead atoms. The number of aliphatic hydroxyl groups is 1. The molecule has 0 fully saturated rings. The second-order valence-electron chi connectivity index (χ2n) is 7.92. The molecule has 2 N–H and O–H groups in total. The summed E-state index contributed by atoms with van der Waals surface area (Å²) in [7, 11) is 0. The van der Waals surface area contributed by atoms with Gasteiger partial charge in [-0.3, -0.25) is 14.5 Å². The summed E-state index contributed by atoms with van der Waals surface area (Å²) in [6, 6.07) is 11.1. The second-order valence-corrected chi connectivity index (χ2v) is 7.92. The molecule has 1 aliphatic rings. The minimum atomic E-state index is -1.52. The fraction of sp³-hybridized carbons (Fsp3) is 0.308. The van der Waals surface area contributed by atoms with Gasteiger partial charge in [0.25, 0.3) is 5.91 Å². The summed E-state index contributed by atoms with van der Waals surface area (Å²) in [4.78, 5) is 26.1. The van der Waals surface area contributed by atoms with Crippen molar-refractivity contribution in [2.45, 2.75) is 39.3 Å². The summed E-state index contributed by atoms with van der Waals surface area (Å²) in [5.74, 6) is -2.73. The van der Waals surface area contributed by atoms with Crippen molar-refractivity contribution in [3.63, 3.8) is 0 Å². The average Bonchev–Trinajstić information content (AvgIpc) is 3.06.